The van der Waals surface area contributed by atoms with Crippen molar-refractivity contribution < 1.29 is 45.7 Å². The number of halogens is 4. The molecule has 0 saturated heterocycles. The van der Waals surface area contributed by atoms with Crippen molar-refractivity contribution in [2.75, 3.05) is 31.9 Å². The molecular formula is C28H26ClF3N2O7S. The Balaban J connectivity index is 1.90. The number of Topliss-reactive ketones (excluding diaryl/α,β-unsaturated/α-hetero) is 1. The number of sulfone groups is 1. The Hall–Kier alpha value is -3.94. The van der Waals surface area contributed by atoms with Gasteiger partial charge in [0.2, 0.25) is 0 Å². The number of rotatable bonds is 11. The van der Waals surface area contributed by atoms with Gasteiger partial charge in [0.25, 0.3) is 0 Å². The predicted molar refractivity (Wildman–Crippen MR) is 151 cm³/mol. The summed E-state index contributed by atoms with van der Waals surface area (Å²) >= 11 is 6.17. The third-order valence-corrected chi connectivity index (χ3v) is 7.54. The number of H-pyrrole nitrogens is 1. The zero-order valence-electron chi connectivity index (χ0n) is 22.5. The summed E-state index contributed by atoms with van der Waals surface area (Å²) in [6.45, 7) is 1.10. The van der Waals surface area contributed by atoms with Crippen LogP contribution in [-0.2, 0) is 9.84 Å². The van der Waals surface area contributed by atoms with Crippen molar-refractivity contribution in [2.45, 2.75) is 24.2 Å². The Morgan fingerprint density at radius 1 is 1.12 bits per heavy atom. The molecule has 4 rings (SSSR count). The van der Waals surface area contributed by atoms with Crippen LogP contribution in [0.5, 0.6) is 17.2 Å². The maximum atomic E-state index is 14.2. The normalized spacial score (nSPS) is 12.7. The SMILES string of the molecule is COc1cc(NC(C(=O)c2c[nH]c3c(C)cc(OC(F)(F)F)cc23)c2ccc(Cl)cc2OCCO)cc(S(C)(=O)=O)c1. The minimum Gasteiger partial charge on any atom is -0.497 e. The topological polar surface area (TPSA) is 127 Å². The molecule has 14 heteroatoms. The van der Waals surface area contributed by atoms with Crippen molar-refractivity contribution in [1.82, 2.24) is 4.98 Å². The van der Waals surface area contributed by atoms with E-state index in [-0.39, 0.29) is 56.8 Å². The lowest BCUT2D eigenvalue weighted by atomic mass is 9.95. The molecule has 1 heterocycles. The number of carbonyl (C=O) groups excluding carboxylic acids is 1. The predicted octanol–water partition coefficient (Wildman–Crippen LogP) is 5.85. The van der Waals surface area contributed by atoms with Gasteiger partial charge in [0.15, 0.2) is 15.6 Å². The molecule has 3 aromatic carbocycles. The Morgan fingerprint density at radius 3 is 2.50 bits per heavy atom. The second-order valence-electron chi connectivity index (χ2n) is 9.28. The number of benzene rings is 3. The quantitative estimate of drug-likeness (QED) is 0.177. The number of aliphatic hydroxyl groups excluding tert-OH is 1. The molecule has 0 aliphatic carbocycles. The number of hydrogen-bond acceptors (Lipinski definition) is 8. The number of nitrogens with one attached hydrogen (secondary N) is 2. The largest absolute Gasteiger partial charge is 0.573 e. The van der Waals surface area contributed by atoms with Gasteiger partial charge in [0.1, 0.15) is 29.9 Å². The fraction of sp³-hybridized carbons (Fsp3) is 0.250. The van der Waals surface area contributed by atoms with Crippen molar-refractivity contribution in [2.24, 2.45) is 0 Å². The summed E-state index contributed by atoms with van der Waals surface area (Å²) in [5, 5.41) is 12.8. The first kappa shape index (κ1) is 31.0. The highest BCUT2D eigenvalue weighted by atomic mass is 35.5. The van der Waals surface area contributed by atoms with E-state index in [9.17, 15) is 31.5 Å². The van der Waals surface area contributed by atoms with E-state index >= 15 is 0 Å². The molecule has 224 valence electrons. The van der Waals surface area contributed by atoms with E-state index in [0.29, 0.717) is 11.1 Å². The zero-order valence-corrected chi connectivity index (χ0v) is 24.1. The number of anilines is 1. The second-order valence-corrected chi connectivity index (χ2v) is 11.7. The van der Waals surface area contributed by atoms with Crippen LogP contribution in [0.3, 0.4) is 0 Å². The second kappa shape index (κ2) is 12.1. The van der Waals surface area contributed by atoms with E-state index in [2.05, 4.69) is 15.0 Å². The fourth-order valence-electron chi connectivity index (χ4n) is 4.40. The Kier molecular flexibility index (Phi) is 8.95. The molecule has 0 radical (unpaired) electrons. The van der Waals surface area contributed by atoms with Gasteiger partial charge in [-0.1, -0.05) is 17.7 Å². The van der Waals surface area contributed by atoms with Crippen LogP contribution in [0.15, 0.2) is 59.6 Å². The van der Waals surface area contributed by atoms with Gasteiger partial charge in [0, 0.05) is 51.3 Å². The first-order valence-electron chi connectivity index (χ1n) is 12.3. The maximum Gasteiger partial charge on any atom is 0.573 e. The highest BCUT2D eigenvalue weighted by molar-refractivity contribution is 7.90. The molecule has 0 amide bonds. The zero-order chi connectivity index (χ0) is 30.8. The summed E-state index contributed by atoms with van der Waals surface area (Å²) < 4.78 is 78.7. The van der Waals surface area contributed by atoms with E-state index in [0.717, 1.165) is 12.3 Å². The molecule has 0 bridgehead atoms. The number of aryl methyl sites for hydroxylation is 1. The van der Waals surface area contributed by atoms with Gasteiger partial charge in [-0.3, -0.25) is 4.79 Å². The Labute approximate surface area is 244 Å². The number of ether oxygens (including phenoxy) is 3. The third kappa shape index (κ3) is 7.09. The summed E-state index contributed by atoms with van der Waals surface area (Å²) in [4.78, 5) is 17.1. The number of alkyl halides is 3. The summed E-state index contributed by atoms with van der Waals surface area (Å²) in [5.41, 5.74) is 1.29. The highest BCUT2D eigenvalue weighted by Crippen LogP contribution is 2.37. The number of carbonyl (C=O) groups is 1. The fourth-order valence-corrected chi connectivity index (χ4v) is 5.23. The maximum absolute atomic E-state index is 14.2. The van der Waals surface area contributed by atoms with Crippen LogP contribution >= 0.6 is 11.6 Å². The number of ketones is 1. The summed E-state index contributed by atoms with van der Waals surface area (Å²) in [7, 11) is -2.34. The Morgan fingerprint density at radius 2 is 1.86 bits per heavy atom. The van der Waals surface area contributed by atoms with E-state index in [1.165, 1.54) is 55.8 Å². The third-order valence-electron chi connectivity index (χ3n) is 6.21. The van der Waals surface area contributed by atoms with Crippen LogP contribution in [0.25, 0.3) is 10.9 Å². The van der Waals surface area contributed by atoms with E-state index < -0.39 is 33.8 Å². The summed E-state index contributed by atoms with van der Waals surface area (Å²) in [6, 6.07) is 9.60. The van der Waals surface area contributed by atoms with Crippen molar-refractivity contribution in [3.63, 3.8) is 0 Å². The summed E-state index contributed by atoms with van der Waals surface area (Å²) in [6.07, 6.45) is -2.57. The lowest BCUT2D eigenvalue weighted by molar-refractivity contribution is -0.274. The van der Waals surface area contributed by atoms with Gasteiger partial charge >= 0.3 is 6.36 Å². The van der Waals surface area contributed by atoms with E-state index in [1.807, 2.05) is 0 Å². The number of fused-ring (bicyclic) bond motifs is 1. The molecule has 1 unspecified atom stereocenters. The number of aromatic nitrogens is 1. The van der Waals surface area contributed by atoms with Crippen molar-refractivity contribution in [3.05, 3.63) is 76.4 Å². The van der Waals surface area contributed by atoms with Gasteiger partial charge in [-0.05, 0) is 48.9 Å². The average Bonchev–Trinajstić information content (AvgIpc) is 3.33. The lowest BCUT2D eigenvalue weighted by Gasteiger charge is -2.23. The van der Waals surface area contributed by atoms with Crippen molar-refractivity contribution >= 4 is 43.8 Å². The van der Waals surface area contributed by atoms with Crippen LogP contribution < -0.4 is 19.5 Å². The molecule has 1 atom stereocenters. The number of methoxy groups -OCH3 is 1. The first-order valence-corrected chi connectivity index (χ1v) is 14.6. The molecule has 0 saturated carbocycles. The van der Waals surface area contributed by atoms with Crippen LogP contribution in [0.2, 0.25) is 5.02 Å². The molecule has 0 fully saturated rings. The summed E-state index contributed by atoms with van der Waals surface area (Å²) in [5.74, 6) is -0.777. The van der Waals surface area contributed by atoms with Crippen molar-refractivity contribution in [1.29, 1.82) is 0 Å². The molecule has 9 nitrogen and oxygen atoms in total. The lowest BCUT2D eigenvalue weighted by Crippen LogP contribution is -2.22. The monoisotopic (exact) mass is 626 g/mol. The number of hydrogen-bond donors (Lipinski definition) is 3. The van der Waals surface area contributed by atoms with Gasteiger partial charge in [-0.2, -0.15) is 0 Å². The standard InChI is InChI=1S/C28H26ClF3N2O7S/c1-15-8-19(41-28(30,31)32)13-22-23(14-33-25(15)22)27(36)26(21-5-4-16(29)9-24(21)40-7-6-35)34-17-10-18(39-2)12-20(11-17)42(3,37)38/h4-5,8-14,26,33-35H,6-7H2,1-3H3. The average molecular weight is 627 g/mol. The highest BCUT2D eigenvalue weighted by Gasteiger charge is 2.32. The van der Waals surface area contributed by atoms with Crippen LogP contribution in [0.4, 0.5) is 18.9 Å². The van der Waals surface area contributed by atoms with E-state index in [4.69, 9.17) is 21.1 Å². The molecule has 0 aliphatic rings. The van der Waals surface area contributed by atoms with Gasteiger partial charge in [-0.15, -0.1) is 13.2 Å². The van der Waals surface area contributed by atoms with Gasteiger partial charge < -0.3 is 29.6 Å². The Bertz CT molecular complexity index is 1740. The molecule has 1 aromatic heterocycles. The molecule has 0 spiro atoms. The smallest absolute Gasteiger partial charge is 0.497 e. The van der Waals surface area contributed by atoms with Crippen molar-refractivity contribution in [3.8, 4) is 17.2 Å². The molecule has 42 heavy (non-hydrogen) atoms. The molecule has 3 N–H and O–H groups in total. The van der Waals surface area contributed by atoms with Crippen LogP contribution in [-0.4, -0.2) is 57.2 Å². The first-order chi connectivity index (χ1) is 19.7. The van der Waals surface area contributed by atoms with Crippen LogP contribution in [0.1, 0.15) is 27.5 Å². The van der Waals surface area contributed by atoms with Crippen LogP contribution in [0, 0.1) is 6.92 Å². The van der Waals surface area contributed by atoms with E-state index in [1.54, 1.807) is 6.92 Å². The number of aliphatic hydroxyl groups is 1. The van der Waals surface area contributed by atoms with Gasteiger partial charge in [-0.25, -0.2) is 8.42 Å². The molecule has 4 aromatic rings. The minimum absolute atomic E-state index is 0.0208. The van der Waals surface area contributed by atoms with Gasteiger partial charge in [0.05, 0.1) is 18.6 Å². The molecule has 0 aliphatic heterocycles. The minimum atomic E-state index is -4.95. The molecular weight excluding hydrogens is 601 g/mol. The number of aromatic amines is 1.